The molecule has 6 nitrogen and oxygen atoms in total. The third-order valence-corrected chi connectivity index (χ3v) is 3.11. The summed E-state index contributed by atoms with van der Waals surface area (Å²) < 4.78 is 19.8. The van der Waals surface area contributed by atoms with Crippen LogP contribution in [0.4, 0.5) is 10.2 Å². The van der Waals surface area contributed by atoms with Crippen LogP contribution in [0.1, 0.15) is 31.1 Å². The standard InChI is InChI=1S/C13H19FN4O2/c1-8-6-18(7-13(2,3)20-8)12(19)9-4-5-16-11(17-15)10(9)14/h4-5,8H,6-7,15H2,1-3H3,(H,16,17). The lowest BCUT2D eigenvalue weighted by Crippen LogP contribution is -2.53. The van der Waals surface area contributed by atoms with Crippen molar-refractivity contribution in [3.05, 3.63) is 23.6 Å². The van der Waals surface area contributed by atoms with Gasteiger partial charge in [0.1, 0.15) is 0 Å². The number of nitrogens with one attached hydrogen (secondary N) is 1. The summed E-state index contributed by atoms with van der Waals surface area (Å²) in [5.41, 5.74) is 1.64. The molecule has 20 heavy (non-hydrogen) atoms. The summed E-state index contributed by atoms with van der Waals surface area (Å²) in [6.07, 6.45) is 1.25. The largest absolute Gasteiger partial charge is 0.369 e. The van der Waals surface area contributed by atoms with Gasteiger partial charge >= 0.3 is 0 Å². The topological polar surface area (TPSA) is 80.5 Å². The third kappa shape index (κ3) is 2.88. The number of hydrogen-bond donors (Lipinski definition) is 2. The zero-order chi connectivity index (χ0) is 14.9. The van der Waals surface area contributed by atoms with E-state index in [2.05, 4.69) is 10.4 Å². The summed E-state index contributed by atoms with van der Waals surface area (Å²) in [4.78, 5) is 17.8. The van der Waals surface area contributed by atoms with Crippen molar-refractivity contribution in [3.8, 4) is 0 Å². The highest BCUT2D eigenvalue weighted by Crippen LogP contribution is 2.24. The minimum atomic E-state index is -0.739. The number of hydrazine groups is 1. The second-order valence-electron chi connectivity index (χ2n) is 5.54. The van der Waals surface area contributed by atoms with Crippen LogP contribution >= 0.6 is 0 Å². The Morgan fingerprint density at radius 3 is 2.95 bits per heavy atom. The molecule has 0 aliphatic carbocycles. The van der Waals surface area contributed by atoms with E-state index in [1.54, 1.807) is 4.90 Å². The van der Waals surface area contributed by atoms with Crippen molar-refractivity contribution >= 4 is 11.7 Å². The van der Waals surface area contributed by atoms with Gasteiger partial charge in [0.15, 0.2) is 11.6 Å². The van der Waals surface area contributed by atoms with E-state index in [1.807, 2.05) is 20.8 Å². The van der Waals surface area contributed by atoms with E-state index in [-0.39, 0.29) is 23.4 Å². The van der Waals surface area contributed by atoms with Crippen molar-refractivity contribution in [3.63, 3.8) is 0 Å². The number of nitrogen functional groups attached to an aromatic ring is 1. The molecule has 7 heteroatoms. The Labute approximate surface area is 117 Å². The van der Waals surface area contributed by atoms with Gasteiger partial charge in [0.25, 0.3) is 5.91 Å². The maximum Gasteiger partial charge on any atom is 0.257 e. The van der Waals surface area contributed by atoms with E-state index in [0.29, 0.717) is 13.1 Å². The van der Waals surface area contributed by atoms with Gasteiger partial charge in [-0.3, -0.25) is 4.79 Å². The number of ether oxygens (including phenoxy) is 1. The molecule has 1 fully saturated rings. The molecule has 1 saturated heterocycles. The van der Waals surface area contributed by atoms with Crippen molar-refractivity contribution in [2.75, 3.05) is 18.5 Å². The molecule has 1 atom stereocenters. The summed E-state index contributed by atoms with van der Waals surface area (Å²) >= 11 is 0. The van der Waals surface area contributed by atoms with Gasteiger partial charge in [-0.15, -0.1) is 0 Å². The Bertz CT molecular complexity index is 521. The fourth-order valence-corrected chi connectivity index (χ4v) is 2.49. The number of nitrogens with zero attached hydrogens (tertiary/aromatic N) is 2. The number of carbonyl (C=O) groups is 1. The summed E-state index contributed by atoms with van der Waals surface area (Å²) in [7, 11) is 0. The van der Waals surface area contributed by atoms with Gasteiger partial charge in [-0.1, -0.05) is 0 Å². The fourth-order valence-electron chi connectivity index (χ4n) is 2.49. The summed E-state index contributed by atoms with van der Waals surface area (Å²) in [5.74, 6) is 3.90. The maximum absolute atomic E-state index is 14.1. The molecule has 1 amide bonds. The molecule has 0 bridgehead atoms. The molecular weight excluding hydrogens is 263 g/mol. The first-order valence-electron chi connectivity index (χ1n) is 6.42. The van der Waals surface area contributed by atoms with E-state index in [1.165, 1.54) is 12.3 Å². The van der Waals surface area contributed by atoms with E-state index in [9.17, 15) is 9.18 Å². The molecule has 1 aromatic rings. The summed E-state index contributed by atoms with van der Waals surface area (Å²) in [6, 6.07) is 1.35. The number of nitrogens with two attached hydrogens (primary N) is 1. The predicted octanol–water partition coefficient (Wildman–Crippen LogP) is 1.15. The molecule has 2 rings (SSSR count). The first-order chi connectivity index (χ1) is 9.34. The second kappa shape index (κ2) is 5.34. The smallest absolute Gasteiger partial charge is 0.257 e. The normalized spacial score (nSPS) is 21.6. The van der Waals surface area contributed by atoms with E-state index in [0.717, 1.165) is 0 Å². The fraction of sp³-hybridized carbons (Fsp3) is 0.538. The average Bonchev–Trinajstić information content (AvgIpc) is 2.36. The van der Waals surface area contributed by atoms with Gasteiger partial charge in [-0.25, -0.2) is 15.2 Å². The van der Waals surface area contributed by atoms with Crippen LogP contribution in [0.5, 0.6) is 0 Å². The molecule has 2 heterocycles. The van der Waals surface area contributed by atoms with Crippen LogP contribution in [0.2, 0.25) is 0 Å². The van der Waals surface area contributed by atoms with Crippen molar-refractivity contribution < 1.29 is 13.9 Å². The maximum atomic E-state index is 14.1. The molecule has 0 radical (unpaired) electrons. The predicted molar refractivity (Wildman–Crippen MR) is 72.5 cm³/mol. The van der Waals surface area contributed by atoms with Crippen molar-refractivity contribution in [2.45, 2.75) is 32.5 Å². The number of morpholine rings is 1. The highest BCUT2D eigenvalue weighted by Gasteiger charge is 2.35. The molecular formula is C13H19FN4O2. The molecule has 0 aromatic carbocycles. The molecule has 1 aromatic heterocycles. The first kappa shape index (κ1) is 14.7. The SMILES string of the molecule is CC1CN(C(=O)c2ccnc(NN)c2F)CC(C)(C)O1. The van der Waals surface area contributed by atoms with Crippen LogP contribution in [-0.4, -0.2) is 40.6 Å². The summed E-state index contributed by atoms with van der Waals surface area (Å²) in [6.45, 7) is 6.52. The monoisotopic (exact) mass is 282 g/mol. The first-order valence-corrected chi connectivity index (χ1v) is 6.42. The molecule has 0 saturated carbocycles. The van der Waals surface area contributed by atoms with E-state index >= 15 is 0 Å². The van der Waals surface area contributed by atoms with Crippen LogP contribution in [0, 0.1) is 5.82 Å². The van der Waals surface area contributed by atoms with Crippen molar-refractivity contribution in [1.82, 2.24) is 9.88 Å². The van der Waals surface area contributed by atoms with Crippen LogP contribution in [0.3, 0.4) is 0 Å². The van der Waals surface area contributed by atoms with Crippen LogP contribution in [0.25, 0.3) is 0 Å². The Morgan fingerprint density at radius 1 is 1.65 bits per heavy atom. The van der Waals surface area contributed by atoms with Gasteiger partial charge in [-0.05, 0) is 26.8 Å². The summed E-state index contributed by atoms with van der Waals surface area (Å²) in [5, 5.41) is 0. The van der Waals surface area contributed by atoms with Crippen LogP contribution in [0.15, 0.2) is 12.3 Å². The molecule has 1 aliphatic heterocycles. The van der Waals surface area contributed by atoms with E-state index < -0.39 is 11.4 Å². The minimum Gasteiger partial charge on any atom is -0.369 e. The number of pyridine rings is 1. The van der Waals surface area contributed by atoms with Gasteiger partial charge in [-0.2, -0.15) is 0 Å². The lowest BCUT2D eigenvalue weighted by molar-refractivity contribution is -0.118. The van der Waals surface area contributed by atoms with Crippen LogP contribution < -0.4 is 11.3 Å². The van der Waals surface area contributed by atoms with E-state index in [4.69, 9.17) is 10.6 Å². The zero-order valence-electron chi connectivity index (χ0n) is 11.8. The number of hydrogen-bond acceptors (Lipinski definition) is 5. The number of carbonyl (C=O) groups excluding carboxylic acids is 1. The minimum absolute atomic E-state index is 0.0437. The average molecular weight is 282 g/mol. The second-order valence-corrected chi connectivity index (χ2v) is 5.54. The van der Waals surface area contributed by atoms with Gasteiger partial charge in [0.2, 0.25) is 0 Å². The van der Waals surface area contributed by atoms with Crippen molar-refractivity contribution in [1.29, 1.82) is 0 Å². The molecule has 1 aliphatic rings. The lowest BCUT2D eigenvalue weighted by Gasteiger charge is -2.41. The highest BCUT2D eigenvalue weighted by atomic mass is 19.1. The number of rotatable bonds is 2. The van der Waals surface area contributed by atoms with Crippen molar-refractivity contribution in [2.24, 2.45) is 5.84 Å². The Balaban J connectivity index is 2.27. The molecule has 110 valence electrons. The number of anilines is 1. The number of amides is 1. The number of halogens is 1. The van der Waals surface area contributed by atoms with Gasteiger partial charge in [0, 0.05) is 19.3 Å². The lowest BCUT2D eigenvalue weighted by atomic mass is 10.0. The van der Waals surface area contributed by atoms with Crippen LogP contribution in [-0.2, 0) is 4.74 Å². The quantitative estimate of drug-likeness (QED) is 0.628. The third-order valence-electron chi connectivity index (χ3n) is 3.11. The van der Waals surface area contributed by atoms with Gasteiger partial charge in [0.05, 0.1) is 17.3 Å². The molecule has 1 unspecified atom stereocenters. The number of aromatic nitrogens is 1. The Morgan fingerprint density at radius 2 is 2.35 bits per heavy atom. The van der Waals surface area contributed by atoms with Gasteiger partial charge < -0.3 is 15.1 Å². The Hall–Kier alpha value is -1.73. The molecule has 3 N–H and O–H groups in total. The Kier molecular flexibility index (Phi) is 3.92. The highest BCUT2D eigenvalue weighted by molar-refractivity contribution is 5.95. The zero-order valence-corrected chi connectivity index (χ0v) is 11.8. The molecule has 0 spiro atoms.